The molecule has 0 aliphatic heterocycles. The Hall–Kier alpha value is -0.720. The zero-order chi connectivity index (χ0) is 11.6. The van der Waals surface area contributed by atoms with E-state index in [1.807, 2.05) is 0 Å². The molecule has 1 aromatic rings. The number of halogens is 3. The molecule has 0 radical (unpaired) electrons. The van der Waals surface area contributed by atoms with Crippen LogP contribution in [0.2, 0.25) is 0 Å². The Balaban J connectivity index is 3.03. The molecule has 84 valence electrons. The standard InChI is InChI=1S/C9H10F3NOS/c1-5(13-15(2)14)9-7(11)3-6(10)4-8(9)12/h3-5,13H,1-2H3/t5?,15-/m0/s1. The van der Waals surface area contributed by atoms with Gasteiger partial charge in [-0.3, -0.25) is 0 Å². The highest BCUT2D eigenvalue weighted by Crippen LogP contribution is 2.22. The lowest BCUT2D eigenvalue weighted by molar-refractivity contribution is 0.497. The van der Waals surface area contributed by atoms with Crippen LogP contribution in [0.15, 0.2) is 12.1 Å². The van der Waals surface area contributed by atoms with Gasteiger partial charge in [0.25, 0.3) is 0 Å². The molecule has 2 atom stereocenters. The van der Waals surface area contributed by atoms with Gasteiger partial charge in [0.1, 0.15) is 23.7 Å². The second kappa shape index (κ2) is 4.87. The number of benzene rings is 1. The van der Waals surface area contributed by atoms with Gasteiger partial charge in [-0.2, -0.15) is 0 Å². The zero-order valence-corrected chi connectivity index (χ0v) is 9.00. The molecule has 0 fully saturated rings. The maximum Gasteiger partial charge on any atom is 0.133 e. The van der Waals surface area contributed by atoms with E-state index in [2.05, 4.69) is 4.72 Å². The largest absolute Gasteiger partial charge is 0.598 e. The lowest BCUT2D eigenvalue weighted by atomic mass is 10.1. The fourth-order valence-electron chi connectivity index (χ4n) is 1.27. The Kier molecular flexibility index (Phi) is 4.01. The van der Waals surface area contributed by atoms with E-state index in [0.717, 1.165) is 0 Å². The Bertz CT molecular complexity index is 336. The summed E-state index contributed by atoms with van der Waals surface area (Å²) in [5.41, 5.74) is -0.313. The Morgan fingerprint density at radius 1 is 1.27 bits per heavy atom. The molecule has 0 amide bonds. The van der Waals surface area contributed by atoms with Crippen molar-refractivity contribution in [3.8, 4) is 0 Å². The van der Waals surface area contributed by atoms with Gasteiger partial charge in [-0.15, -0.1) is 4.72 Å². The topological polar surface area (TPSA) is 35.1 Å². The SMILES string of the molecule is CC(N[S@+](C)[O-])c1c(F)cc(F)cc1F. The molecule has 0 spiro atoms. The van der Waals surface area contributed by atoms with Crippen LogP contribution in [-0.4, -0.2) is 10.8 Å². The molecule has 0 heterocycles. The molecule has 1 aromatic carbocycles. The molecule has 0 saturated heterocycles. The molecule has 15 heavy (non-hydrogen) atoms. The second-order valence-corrected chi connectivity index (χ2v) is 4.22. The monoisotopic (exact) mass is 237 g/mol. The smallest absolute Gasteiger partial charge is 0.133 e. The first kappa shape index (κ1) is 12.4. The maximum atomic E-state index is 13.2. The van der Waals surface area contributed by atoms with Crippen molar-refractivity contribution < 1.29 is 17.7 Å². The fourth-order valence-corrected chi connectivity index (χ4v) is 1.89. The molecule has 0 bridgehead atoms. The van der Waals surface area contributed by atoms with E-state index in [1.165, 1.54) is 13.2 Å². The molecule has 0 aliphatic carbocycles. The van der Waals surface area contributed by atoms with Crippen molar-refractivity contribution in [3.05, 3.63) is 35.1 Å². The molecule has 0 saturated carbocycles. The van der Waals surface area contributed by atoms with E-state index in [-0.39, 0.29) is 5.56 Å². The van der Waals surface area contributed by atoms with Crippen LogP contribution in [0.25, 0.3) is 0 Å². The third-order valence-electron chi connectivity index (χ3n) is 1.82. The minimum absolute atomic E-state index is 0.313. The van der Waals surface area contributed by atoms with Gasteiger partial charge in [-0.1, -0.05) is 0 Å². The van der Waals surface area contributed by atoms with Gasteiger partial charge < -0.3 is 4.55 Å². The van der Waals surface area contributed by atoms with Crippen LogP contribution in [0.3, 0.4) is 0 Å². The van der Waals surface area contributed by atoms with Gasteiger partial charge >= 0.3 is 0 Å². The number of hydrogen-bond acceptors (Lipinski definition) is 2. The lowest BCUT2D eigenvalue weighted by Crippen LogP contribution is -2.26. The molecular weight excluding hydrogens is 227 g/mol. The first-order valence-corrected chi connectivity index (χ1v) is 5.71. The van der Waals surface area contributed by atoms with Crippen molar-refractivity contribution in [1.29, 1.82) is 0 Å². The van der Waals surface area contributed by atoms with Crippen LogP contribution < -0.4 is 4.72 Å². The lowest BCUT2D eigenvalue weighted by Gasteiger charge is -2.15. The van der Waals surface area contributed by atoms with E-state index in [9.17, 15) is 17.7 Å². The van der Waals surface area contributed by atoms with Crippen LogP contribution in [-0.2, 0) is 11.4 Å². The number of rotatable bonds is 3. The first-order chi connectivity index (χ1) is 6.91. The summed E-state index contributed by atoms with van der Waals surface area (Å²) in [7, 11) is 0. The Labute approximate surface area is 88.8 Å². The van der Waals surface area contributed by atoms with Gasteiger partial charge in [-0.25, -0.2) is 13.2 Å². The summed E-state index contributed by atoms with van der Waals surface area (Å²) in [6.07, 6.45) is 1.34. The Morgan fingerprint density at radius 3 is 2.13 bits per heavy atom. The van der Waals surface area contributed by atoms with Crippen molar-refractivity contribution in [2.75, 3.05) is 6.26 Å². The average Bonchev–Trinajstić information content (AvgIpc) is 1.99. The maximum absolute atomic E-state index is 13.2. The van der Waals surface area contributed by atoms with Gasteiger partial charge in [0, 0.05) is 29.1 Å². The van der Waals surface area contributed by atoms with Gasteiger partial charge in [0.05, 0.1) is 6.04 Å². The summed E-state index contributed by atoms with van der Waals surface area (Å²) in [6.45, 7) is 1.45. The summed E-state index contributed by atoms with van der Waals surface area (Å²) in [6, 6.07) is 0.404. The minimum Gasteiger partial charge on any atom is -0.598 e. The highest BCUT2D eigenvalue weighted by molar-refractivity contribution is 7.88. The van der Waals surface area contributed by atoms with Gasteiger partial charge in [-0.05, 0) is 6.92 Å². The highest BCUT2D eigenvalue weighted by Gasteiger charge is 2.20. The van der Waals surface area contributed by atoms with E-state index in [1.54, 1.807) is 0 Å². The molecule has 0 aliphatic rings. The third kappa shape index (κ3) is 3.12. The van der Waals surface area contributed by atoms with Crippen LogP contribution in [0.5, 0.6) is 0 Å². The van der Waals surface area contributed by atoms with Crippen molar-refractivity contribution in [2.45, 2.75) is 13.0 Å². The summed E-state index contributed by atoms with van der Waals surface area (Å²) < 4.78 is 52.2. The summed E-state index contributed by atoms with van der Waals surface area (Å²) >= 11 is -1.40. The fraction of sp³-hybridized carbons (Fsp3) is 0.333. The van der Waals surface area contributed by atoms with Gasteiger partial charge in [0.15, 0.2) is 0 Å². The minimum atomic E-state index is -1.40. The van der Waals surface area contributed by atoms with Crippen LogP contribution in [0.4, 0.5) is 13.2 Å². The molecule has 1 rings (SSSR count). The van der Waals surface area contributed by atoms with E-state index < -0.39 is 34.9 Å². The predicted molar refractivity (Wildman–Crippen MR) is 51.9 cm³/mol. The van der Waals surface area contributed by atoms with Crippen LogP contribution in [0.1, 0.15) is 18.5 Å². The molecule has 2 nitrogen and oxygen atoms in total. The summed E-state index contributed by atoms with van der Waals surface area (Å²) in [4.78, 5) is 0. The van der Waals surface area contributed by atoms with Gasteiger partial charge in [0.2, 0.25) is 0 Å². The predicted octanol–water partition coefficient (Wildman–Crippen LogP) is 2.05. The molecular formula is C9H10F3NOS. The quantitative estimate of drug-likeness (QED) is 0.816. The van der Waals surface area contributed by atoms with Crippen molar-refractivity contribution in [1.82, 2.24) is 4.72 Å². The molecule has 0 aromatic heterocycles. The van der Waals surface area contributed by atoms with Crippen LogP contribution >= 0.6 is 0 Å². The Morgan fingerprint density at radius 2 is 1.73 bits per heavy atom. The molecule has 1 unspecified atom stereocenters. The van der Waals surface area contributed by atoms with Crippen molar-refractivity contribution in [3.63, 3.8) is 0 Å². The molecule has 1 N–H and O–H groups in total. The average molecular weight is 237 g/mol. The summed E-state index contributed by atoms with van der Waals surface area (Å²) in [5, 5.41) is 0. The molecule has 6 heteroatoms. The first-order valence-electron chi connectivity index (χ1n) is 4.16. The van der Waals surface area contributed by atoms with Crippen molar-refractivity contribution >= 4 is 11.4 Å². The van der Waals surface area contributed by atoms with E-state index >= 15 is 0 Å². The highest BCUT2D eigenvalue weighted by atomic mass is 32.2. The van der Waals surface area contributed by atoms with E-state index in [4.69, 9.17) is 0 Å². The number of hydrogen-bond donors (Lipinski definition) is 1. The summed E-state index contributed by atoms with van der Waals surface area (Å²) in [5.74, 6) is -2.95. The third-order valence-corrected chi connectivity index (χ3v) is 2.51. The zero-order valence-electron chi connectivity index (χ0n) is 8.18. The number of nitrogens with one attached hydrogen (secondary N) is 1. The van der Waals surface area contributed by atoms with Crippen molar-refractivity contribution in [2.24, 2.45) is 0 Å². The normalized spacial score (nSPS) is 15.1. The van der Waals surface area contributed by atoms with E-state index in [0.29, 0.717) is 12.1 Å². The van der Waals surface area contributed by atoms with Crippen LogP contribution in [0, 0.1) is 17.5 Å². The second-order valence-electron chi connectivity index (χ2n) is 3.08.